The first-order valence-electron chi connectivity index (χ1n) is 18.1. The molecule has 3 aliphatic rings. The van der Waals surface area contributed by atoms with Crippen molar-refractivity contribution in [3.63, 3.8) is 0 Å². The molecule has 248 valence electrons. The fraction of sp³-hybridized carbons (Fsp3) is 0.789. The van der Waals surface area contributed by atoms with E-state index in [9.17, 15) is 19.8 Å². The number of aliphatic hydroxyl groups excluding tert-OH is 1. The molecule has 0 aromatic heterocycles. The zero-order valence-electron chi connectivity index (χ0n) is 27.4. The number of phenolic OH excluding ortho intramolecular Hbond substituents is 1. The first kappa shape index (κ1) is 34.8. The number of phenols is 1. The minimum atomic E-state index is -0.693. The van der Waals surface area contributed by atoms with Gasteiger partial charge in [0.05, 0.1) is 6.10 Å². The topological polar surface area (TPSA) is 115 Å². The van der Waals surface area contributed by atoms with Crippen LogP contribution in [0.3, 0.4) is 0 Å². The van der Waals surface area contributed by atoms with Crippen molar-refractivity contribution in [1.29, 1.82) is 0 Å². The maximum absolute atomic E-state index is 11.7. The Bertz CT molecular complexity index is 1040. The van der Waals surface area contributed by atoms with Crippen molar-refractivity contribution in [1.82, 2.24) is 0 Å². The molecular weight excluding hydrogens is 552 g/mol. The van der Waals surface area contributed by atoms with Crippen molar-refractivity contribution in [2.24, 2.45) is 22.7 Å². The lowest BCUT2D eigenvalue weighted by molar-refractivity contribution is -0.138. The van der Waals surface area contributed by atoms with Gasteiger partial charge in [0.25, 0.3) is 0 Å². The van der Waals surface area contributed by atoms with E-state index in [2.05, 4.69) is 13.0 Å². The number of aliphatic carboxylic acids is 2. The molecule has 0 saturated heterocycles. The molecule has 1 aromatic carbocycles. The van der Waals surface area contributed by atoms with Crippen molar-refractivity contribution in [3.05, 3.63) is 29.3 Å². The molecule has 0 radical (unpaired) electrons. The largest absolute Gasteiger partial charge is 0.508 e. The quantitative estimate of drug-likeness (QED) is 0.109. The van der Waals surface area contributed by atoms with Gasteiger partial charge in [-0.1, -0.05) is 90.0 Å². The van der Waals surface area contributed by atoms with Gasteiger partial charge in [-0.05, 0) is 110 Å². The Morgan fingerprint density at radius 1 is 0.773 bits per heavy atom. The van der Waals surface area contributed by atoms with Crippen LogP contribution in [0.15, 0.2) is 18.2 Å². The summed E-state index contributed by atoms with van der Waals surface area (Å²) in [5, 5.41) is 39.7. The van der Waals surface area contributed by atoms with E-state index >= 15 is 0 Å². The maximum atomic E-state index is 11.7. The smallest absolute Gasteiger partial charge is 0.303 e. The zero-order chi connectivity index (χ0) is 31.6. The first-order chi connectivity index (χ1) is 21.2. The molecule has 6 heteroatoms. The van der Waals surface area contributed by atoms with Crippen LogP contribution < -0.4 is 0 Å². The van der Waals surface area contributed by atoms with Crippen LogP contribution in [0.4, 0.5) is 0 Å². The Kier molecular flexibility index (Phi) is 13.0. The molecule has 4 N–H and O–H groups in total. The molecule has 0 bridgehead atoms. The maximum Gasteiger partial charge on any atom is 0.303 e. The molecule has 0 amide bonds. The van der Waals surface area contributed by atoms with Gasteiger partial charge < -0.3 is 20.4 Å². The number of hydrogen-bond acceptors (Lipinski definition) is 4. The van der Waals surface area contributed by atoms with Gasteiger partial charge in [0, 0.05) is 12.8 Å². The van der Waals surface area contributed by atoms with Crippen LogP contribution in [0.25, 0.3) is 0 Å². The SMILES string of the molecule is C[C@]12CC[C@@H]3c4ccc(O)cc4CC[C@H]3[C@@H]1C(CCCCCCCCCC(=O)O)(CCCCCCCCCC(=O)O)CC2O. The monoisotopic (exact) mass is 612 g/mol. The van der Waals surface area contributed by atoms with Crippen LogP contribution in [-0.2, 0) is 16.0 Å². The number of unbranched alkanes of at least 4 members (excludes halogenated alkanes) is 12. The van der Waals surface area contributed by atoms with Gasteiger partial charge >= 0.3 is 11.9 Å². The van der Waals surface area contributed by atoms with Gasteiger partial charge in [-0.15, -0.1) is 0 Å². The zero-order valence-corrected chi connectivity index (χ0v) is 27.4. The van der Waals surface area contributed by atoms with Crippen LogP contribution in [0, 0.1) is 22.7 Å². The molecule has 2 saturated carbocycles. The summed E-state index contributed by atoms with van der Waals surface area (Å²) in [7, 11) is 0. The van der Waals surface area contributed by atoms with Gasteiger partial charge in [-0.3, -0.25) is 9.59 Å². The number of rotatable bonds is 20. The summed E-state index contributed by atoms with van der Waals surface area (Å²) in [5.41, 5.74) is 2.92. The molecule has 1 unspecified atom stereocenters. The van der Waals surface area contributed by atoms with Crippen molar-refractivity contribution in [2.45, 2.75) is 167 Å². The minimum absolute atomic E-state index is 0.0239. The fourth-order valence-electron chi connectivity index (χ4n) is 9.99. The Morgan fingerprint density at radius 2 is 1.30 bits per heavy atom. The van der Waals surface area contributed by atoms with Crippen molar-refractivity contribution in [3.8, 4) is 5.75 Å². The van der Waals surface area contributed by atoms with Crippen LogP contribution in [-0.4, -0.2) is 38.5 Å². The summed E-state index contributed by atoms with van der Waals surface area (Å²) in [6, 6.07) is 6.04. The molecule has 0 spiro atoms. The second kappa shape index (κ2) is 16.5. The van der Waals surface area contributed by atoms with Gasteiger partial charge in [-0.25, -0.2) is 0 Å². The second-order valence-corrected chi connectivity index (χ2v) is 15.0. The Balaban J connectivity index is 1.39. The number of aromatic hydroxyl groups is 1. The summed E-state index contributed by atoms with van der Waals surface area (Å²) in [6.07, 6.45) is 23.5. The van der Waals surface area contributed by atoms with E-state index in [1.165, 1.54) is 75.3 Å². The third-order valence-corrected chi connectivity index (χ3v) is 12.1. The number of fused-ring (bicyclic) bond motifs is 5. The molecule has 4 rings (SSSR count). The first-order valence-corrected chi connectivity index (χ1v) is 18.1. The molecule has 1 aromatic rings. The predicted molar refractivity (Wildman–Crippen MR) is 175 cm³/mol. The van der Waals surface area contributed by atoms with E-state index in [1.807, 2.05) is 12.1 Å². The molecule has 6 nitrogen and oxygen atoms in total. The summed E-state index contributed by atoms with van der Waals surface area (Å²) < 4.78 is 0. The van der Waals surface area contributed by atoms with Crippen molar-refractivity contribution < 1.29 is 30.0 Å². The number of aryl methyl sites for hydroxylation is 1. The molecule has 5 atom stereocenters. The summed E-state index contributed by atoms with van der Waals surface area (Å²) in [6.45, 7) is 2.40. The lowest BCUT2D eigenvalue weighted by Crippen LogP contribution is -2.48. The third-order valence-electron chi connectivity index (χ3n) is 12.1. The third kappa shape index (κ3) is 8.79. The molecule has 2 fully saturated rings. The molecule has 44 heavy (non-hydrogen) atoms. The molecule has 0 aliphatic heterocycles. The van der Waals surface area contributed by atoms with Crippen LogP contribution in [0.1, 0.15) is 165 Å². The molecule has 0 heterocycles. The predicted octanol–water partition coefficient (Wildman–Crippen LogP) is 9.40. The average Bonchev–Trinajstić information content (AvgIpc) is 3.20. The number of hydrogen-bond donors (Lipinski definition) is 4. The lowest BCUT2D eigenvalue weighted by atomic mass is 9.50. The van der Waals surface area contributed by atoms with E-state index in [0.29, 0.717) is 23.5 Å². The summed E-state index contributed by atoms with van der Waals surface area (Å²) in [5.74, 6) is 0.628. The number of carbonyl (C=O) groups is 2. The Morgan fingerprint density at radius 3 is 1.84 bits per heavy atom. The number of aliphatic hydroxyl groups is 1. The standard InChI is InChI=1S/C38H60O6/c1-37-25-22-31-30-21-19-29(39)26-28(30)18-20-32(31)36(37)38(27-33(37)40,23-14-10-6-2-4-8-12-16-34(41)42)24-15-11-7-3-5-9-13-17-35(43)44/h19,21,26,31-33,36,39-40H,2-18,20,22-25,27H2,1H3,(H,41,42)(H,43,44)/t31-,32-,33?,36+,37-/m1/s1. The normalized spacial score (nSPS) is 27.0. The van der Waals surface area contributed by atoms with Crippen LogP contribution in [0.5, 0.6) is 5.75 Å². The van der Waals surface area contributed by atoms with E-state index in [0.717, 1.165) is 70.6 Å². The number of carboxylic acid groups (broad SMARTS) is 2. The Hall–Kier alpha value is -2.08. The summed E-state index contributed by atoms with van der Waals surface area (Å²) >= 11 is 0. The average molecular weight is 613 g/mol. The highest BCUT2D eigenvalue weighted by Crippen LogP contribution is 2.69. The fourth-order valence-corrected chi connectivity index (χ4v) is 9.99. The van der Waals surface area contributed by atoms with Gasteiger partial charge in [0.1, 0.15) is 5.75 Å². The molecular formula is C38H60O6. The minimum Gasteiger partial charge on any atom is -0.508 e. The highest BCUT2D eigenvalue weighted by Gasteiger charge is 2.63. The van der Waals surface area contributed by atoms with E-state index < -0.39 is 11.9 Å². The van der Waals surface area contributed by atoms with E-state index in [1.54, 1.807) is 0 Å². The second-order valence-electron chi connectivity index (χ2n) is 15.0. The highest BCUT2D eigenvalue weighted by molar-refractivity contribution is 5.66. The van der Waals surface area contributed by atoms with Crippen LogP contribution in [0.2, 0.25) is 0 Å². The summed E-state index contributed by atoms with van der Waals surface area (Å²) in [4.78, 5) is 21.6. The van der Waals surface area contributed by atoms with Crippen LogP contribution >= 0.6 is 0 Å². The number of benzene rings is 1. The lowest BCUT2D eigenvalue weighted by Gasteiger charge is -2.55. The van der Waals surface area contributed by atoms with Gasteiger partial charge in [0.2, 0.25) is 0 Å². The Labute approximate surface area is 266 Å². The van der Waals surface area contributed by atoms with Gasteiger partial charge in [0.15, 0.2) is 0 Å². The van der Waals surface area contributed by atoms with Crippen molar-refractivity contribution in [2.75, 3.05) is 0 Å². The number of carboxylic acids is 2. The van der Waals surface area contributed by atoms with E-state index in [-0.39, 0.29) is 29.8 Å². The van der Waals surface area contributed by atoms with E-state index in [4.69, 9.17) is 10.2 Å². The van der Waals surface area contributed by atoms with Crippen molar-refractivity contribution >= 4 is 11.9 Å². The highest BCUT2D eigenvalue weighted by atomic mass is 16.4. The van der Waals surface area contributed by atoms with Gasteiger partial charge in [-0.2, -0.15) is 0 Å². The molecule has 3 aliphatic carbocycles.